The number of nitrogens with zero attached hydrogens (tertiary/aromatic N) is 3. The third-order valence-electron chi connectivity index (χ3n) is 5.14. The molecule has 2 saturated heterocycles. The van der Waals surface area contributed by atoms with E-state index in [1.54, 1.807) is 0 Å². The minimum absolute atomic E-state index is 0.295. The van der Waals surface area contributed by atoms with Gasteiger partial charge in [0.2, 0.25) is 5.91 Å². The van der Waals surface area contributed by atoms with Crippen molar-refractivity contribution in [1.82, 2.24) is 14.8 Å². The molecule has 22 heavy (non-hydrogen) atoms. The summed E-state index contributed by atoms with van der Waals surface area (Å²) in [5.74, 6) is 0.295. The number of likely N-dealkylation sites (tertiary alicyclic amines) is 2. The van der Waals surface area contributed by atoms with E-state index in [0.717, 1.165) is 32.6 Å². The predicted octanol–water partition coefficient (Wildman–Crippen LogP) is 2.47. The van der Waals surface area contributed by atoms with Crippen LogP contribution < -0.4 is 0 Å². The maximum atomic E-state index is 12.0. The van der Waals surface area contributed by atoms with E-state index in [-0.39, 0.29) is 0 Å². The van der Waals surface area contributed by atoms with Crippen molar-refractivity contribution in [1.29, 1.82) is 0 Å². The highest BCUT2D eigenvalue weighted by molar-refractivity contribution is 5.77. The summed E-state index contributed by atoms with van der Waals surface area (Å²) in [5.41, 5.74) is 1.62. The van der Waals surface area contributed by atoms with E-state index in [9.17, 15) is 4.79 Å². The van der Waals surface area contributed by atoms with Crippen LogP contribution in [0.2, 0.25) is 0 Å². The molecule has 0 atom stereocenters. The van der Waals surface area contributed by atoms with Crippen LogP contribution in [0, 0.1) is 5.41 Å². The average molecular weight is 299 g/mol. The van der Waals surface area contributed by atoms with Gasteiger partial charge in [0.25, 0.3) is 0 Å². The van der Waals surface area contributed by atoms with E-state index >= 15 is 0 Å². The van der Waals surface area contributed by atoms with Crippen LogP contribution in [-0.2, 0) is 11.3 Å². The summed E-state index contributed by atoms with van der Waals surface area (Å²) in [6, 6.07) is 4.14. The first kappa shape index (κ1) is 15.2. The Bertz CT molecular complexity index is 520. The number of amides is 1. The van der Waals surface area contributed by atoms with Gasteiger partial charge in [-0.2, -0.15) is 0 Å². The third kappa shape index (κ3) is 3.38. The third-order valence-corrected chi connectivity index (χ3v) is 5.14. The first-order valence-electron chi connectivity index (χ1n) is 8.21. The number of aromatic nitrogens is 1. The molecule has 2 aliphatic heterocycles. The molecular formula is C18H25N3O. The fourth-order valence-electron chi connectivity index (χ4n) is 3.77. The van der Waals surface area contributed by atoms with Crippen molar-refractivity contribution in [2.45, 2.75) is 32.2 Å². The van der Waals surface area contributed by atoms with Crippen molar-refractivity contribution in [2.24, 2.45) is 5.41 Å². The molecule has 2 aliphatic rings. The molecule has 1 aromatic heterocycles. The fraction of sp³-hybridized carbons (Fsp3) is 0.556. The number of carbonyl (C=O) groups is 1. The number of piperidine rings is 2. The zero-order chi connectivity index (χ0) is 15.4. The van der Waals surface area contributed by atoms with Gasteiger partial charge in [0.15, 0.2) is 0 Å². The summed E-state index contributed by atoms with van der Waals surface area (Å²) in [6.45, 7) is 8.60. The quantitative estimate of drug-likeness (QED) is 0.801. The summed E-state index contributed by atoms with van der Waals surface area (Å²) in [4.78, 5) is 20.7. The number of pyridine rings is 1. The molecule has 0 radical (unpaired) electrons. The molecule has 0 aliphatic carbocycles. The highest BCUT2D eigenvalue weighted by Crippen LogP contribution is 2.40. The second kappa shape index (κ2) is 6.61. The van der Waals surface area contributed by atoms with Crippen LogP contribution in [0.3, 0.4) is 0 Å². The van der Waals surface area contributed by atoms with Crippen molar-refractivity contribution >= 4 is 5.91 Å². The normalized spacial score (nSPS) is 22.0. The van der Waals surface area contributed by atoms with Crippen molar-refractivity contribution in [3.05, 3.63) is 42.7 Å². The number of hydrogen-bond acceptors (Lipinski definition) is 3. The van der Waals surface area contributed by atoms with Crippen molar-refractivity contribution < 1.29 is 4.79 Å². The number of carbonyl (C=O) groups excluding carboxylic acids is 1. The van der Waals surface area contributed by atoms with E-state index in [1.165, 1.54) is 18.4 Å². The van der Waals surface area contributed by atoms with E-state index in [0.29, 0.717) is 24.3 Å². The molecule has 0 N–H and O–H groups in total. The Morgan fingerprint density at radius 3 is 2.82 bits per heavy atom. The standard InChI is InChI=1S/C18H25N3O/c1-2-10-21-15-18(6-5-17(21)22)7-11-20(12-8-18)14-16-4-3-9-19-13-16/h2-4,9,13H,1,5-8,10-12,14-15H2. The van der Waals surface area contributed by atoms with Crippen LogP contribution in [0.5, 0.6) is 0 Å². The lowest BCUT2D eigenvalue weighted by Gasteiger charge is -2.47. The summed E-state index contributed by atoms with van der Waals surface area (Å²) in [6.07, 6.45) is 9.75. The second-order valence-electron chi connectivity index (χ2n) is 6.70. The molecule has 0 bridgehead atoms. The van der Waals surface area contributed by atoms with E-state index in [4.69, 9.17) is 0 Å². The van der Waals surface area contributed by atoms with E-state index in [2.05, 4.69) is 22.5 Å². The van der Waals surface area contributed by atoms with Gasteiger partial charge in [-0.05, 0) is 49.4 Å². The molecule has 3 heterocycles. The molecular weight excluding hydrogens is 274 g/mol. The molecule has 118 valence electrons. The molecule has 4 heteroatoms. The van der Waals surface area contributed by atoms with Crippen molar-refractivity contribution in [3.63, 3.8) is 0 Å². The van der Waals surface area contributed by atoms with Gasteiger partial charge in [-0.1, -0.05) is 12.1 Å². The zero-order valence-electron chi connectivity index (χ0n) is 13.2. The average Bonchev–Trinajstić information content (AvgIpc) is 2.55. The predicted molar refractivity (Wildman–Crippen MR) is 87.2 cm³/mol. The molecule has 2 fully saturated rings. The molecule has 0 saturated carbocycles. The first-order chi connectivity index (χ1) is 10.7. The lowest BCUT2D eigenvalue weighted by Crippen LogP contribution is -2.51. The Morgan fingerprint density at radius 1 is 1.32 bits per heavy atom. The zero-order valence-corrected chi connectivity index (χ0v) is 13.2. The monoisotopic (exact) mass is 299 g/mol. The maximum Gasteiger partial charge on any atom is 0.222 e. The van der Waals surface area contributed by atoms with Crippen LogP contribution in [0.15, 0.2) is 37.2 Å². The Labute approximate surface area is 132 Å². The lowest BCUT2D eigenvalue weighted by atomic mass is 9.72. The molecule has 1 amide bonds. The van der Waals surface area contributed by atoms with E-state index < -0.39 is 0 Å². The Morgan fingerprint density at radius 2 is 2.14 bits per heavy atom. The SMILES string of the molecule is C=CCN1CC2(CCC1=O)CCN(Cc1cccnc1)CC2. The van der Waals surface area contributed by atoms with Crippen LogP contribution >= 0.6 is 0 Å². The largest absolute Gasteiger partial charge is 0.338 e. The molecule has 1 spiro atoms. The molecule has 1 aromatic rings. The van der Waals surface area contributed by atoms with Crippen molar-refractivity contribution in [2.75, 3.05) is 26.2 Å². The minimum Gasteiger partial charge on any atom is -0.338 e. The fourth-order valence-corrected chi connectivity index (χ4v) is 3.77. The topological polar surface area (TPSA) is 36.4 Å². The smallest absolute Gasteiger partial charge is 0.222 e. The Balaban J connectivity index is 1.56. The lowest BCUT2D eigenvalue weighted by molar-refractivity contribution is -0.138. The maximum absolute atomic E-state index is 12.0. The highest BCUT2D eigenvalue weighted by Gasteiger charge is 2.40. The minimum atomic E-state index is 0.295. The summed E-state index contributed by atoms with van der Waals surface area (Å²) in [7, 11) is 0. The highest BCUT2D eigenvalue weighted by atomic mass is 16.2. The van der Waals surface area contributed by atoms with Gasteiger partial charge < -0.3 is 4.90 Å². The van der Waals surface area contributed by atoms with Crippen LogP contribution in [0.25, 0.3) is 0 Å². The van der Waals surface area contributed by atoms with Gasteiger partial charge in [-0.15, -0.1) is 6.58 Å². The van der Waals surface area contributed by atoms with Crippen LogP contribution in [0.4, 0.5) is 0 Å². The summed E-state index contributed by atoms with van der Waals surface area (Å²) >= 11 is 0. The molecule has 0 aromatic carbocycles. The molecule has 0 unspecified atom stereocenters. The first-order valence-corrected chi connectivity index (χ1v) is 8.21. The Kier molecular flexibility index (Phi) is 4.57. The van der Waals surface area contributed by atoms with Crippen LogP contribution in [0.1, 0.15) is 31.2 Å². The van der Waals surface area contributed by atoms with Gasteiger partial charge in [0.1, 0.15) is 0 Å². The second-order valence-corrected chi connectivity index (χ2v) is 6.70. The molecule has 4 nitrogen and oxygen atoms in total. The Hall–Kier alpha value is -1.68. The van der Waals surface area contributed by atoms with Gasteiger partial charge >= 0.3 is 0 Å². The van der Waals surface area contributed by atoms with Gasteiger partial charge in [0.05, 0.1) is 0 Å². The van der Waals surface area contributed by atoms with Gasteiger partial charge in [0, 0.05) is 38.4 Å². The van der Waals surface area contributed by atoms with E-state index in [1.807, 2.05) is 29.4 Å². The van der Waals surface area contributed by atoms with Gasteiger partial charge in [-0.25, -0.2) is 0 Å². The number of hydrogen-bond donors (Lipinski definition) is 0. The van der Waals surface area contributed by atoms with Crippen LogP contribution in [-0.4, -0.2) is 46.9 Å². The van der Waals surface area contributed by atoms with Crippen molar-refractivity contribution in [3.8, 4) is 0 Å². The molecule has 3 rings (SSSR count). The number of rotatable bonds is 4. The summed E-state index contributed by atoms with van der Waals surface area (Å²) in [5, 5.41) is 0. The van der Waals surface area contributed by atoms with Gasteiger partial charge in [-0.3, -0.25) is 14.7 Å². The summed E-state index contributed by atoms with van der Waals surface area (Å²) < 4.78 is 0.